The molecule has 0 aliphatic rings. The third-order valence-electron chi connectivity index (χ3n) is 2.30. The van der Waals surface area contributed by atoms with Crippen LogP contribution in [0.25, 0.3) is 10.6 Å². The van der Waals surface area contributed by atoms with E-state index < -0.39 is 11.9 Å². The molecule has 0 saturated heterocycles. The molecule has 0 atom stereocenters. The van der Waals surface area contributed by atoms with E-state index in [4.69, 9.17) is 5.73 Å². The van der Waals surface area contributed by atoms with Gasteiger partial charge in [-0.15, -0.1) is 11.3 Å². The molecule has 0 radical (unpaired) electrons. The Balaban J connectivity index is 2.51. The van der Waals surface area contributed by atoms with Crippen LogP contribution in [-0.2, 0) is 12.6 Å². The molecule has 0 fully saturated rings. The zero-order valence-electron chi connectivity index (χ0n) is 8.71. The minimum absolute atomic E-state index is 0.141. The first kappa shape index (κ1) is 12.1. The third-order valence-corrected chi connectivity index (χ3v) is 3.18. The molecule has 0 aromatic carbocycles. The first-order valence-corrected chi connectivity index (χ1v) is 5.80. The van der Waals surface area contributed by atoms with E-state index in [1.165, 1.54) is 11.3 Å². The van der Waals surface area contributed by atoms with Gasteiger partial charge in [0.05, 0.1) is 4.88 Å². The molecule has 2 aromatic rings. The van der Waals surface area contributed by atoms with Crippen molar-refractivity contribution in [2.75, 3.05) is 6.54 Å². The fourth-order valence-electron chi connectivity index (χ4n) is 1.60. The second-order valence-corrected chi connectivity index (χ2v) is 4.39. The van der Waals surface area contributed by atoms with Gasteiger partial charge < -0.3 is 5.73 Å². The highest BCUT2D eigenvalue weighted by Crippen LogP contribution is 2.36. The first-order chi connectivity index (χ1) is 8.04. The van der Waals surface area contributed by atoms with Crippen LogP contribution >= 0.6 is 11.3 Å². The van der Waals surface area contributed by atoms with Gasteiger partial charge in [0, 0.05) is 5.56 Å². The minimum Gasteiger partial charge on any atom is -0.330 e. The van der Waals surface area contributed by atoms with Gasteiger partial charge >= 0.3 is 6.18 Å². The molecule has 0 aliphatic heterocycles. The molecule has 2 aromatic heterocycles. The molecule has 3 nitrogen and oxygen atoms in total. The van der Waals surface area contributed by atoms with Crippen LogP contribution in [0.1, 0.15) is 11.3 Å². The first-order valence-electron chi connectivity index (χ1n) is 4.92. The summed E-state index contributed by atoms with van der Waals surface area (Å²) in [6.07, 6.45) is -4.27. The molecule has 2 heterocycles. The van der Waals surface area contributed by atoms with E-state index in [2.05, 4.69) is 10.2 Å². The summed E-state index contributed by atoms with van der Waals surface area (Å²) < 4.78 is 38.2. The molecule has 92 valence electrons. The van der Waals surface area contributed by atoms with Crippen LogP contribution in [0.2, 0.25) is 0 Å². The van der Waals surface area contributed by atoms with Gasteiger partial charge in [-0.3, -0.25) is 5.10 Å². The van der Waals surface area contributed by atoms with Gasteiger partial charge in [-0.2, -0.15) is 18.3 Å². The van der Waals surface area contributed by atoms with E-state index in [0.29, 0.717) is 10.6 Å². The third kappa shape index (κ3) is 2.34. The van der Waals surface area contributed by atoms with E-state index in [0.717, 1.165) is 0 Å². The average Bonchev–Trinajstić information content (AvgIpc) is 2.82. The normalized spacial score (nSPS) is 12.0. The van der Waals surface area contributed by atoms with Gasteiger partial charge in [-0.25, -0.2) is 0 Å². The number of nitrogens with one attached hydrogen (secondary N) is 1. The second-order valence-electron chi connectivity index (χ2n) is 3.44. The van der Waals surface area contributed by atoms with Gasteiger partial charge in [-0.1, -0.05) is 6.07 Å². The minimum atomic E-state index is -4.42. The maximum absolute atomic E-state index is 12.7. The van der Waals surface area contributed by atoms with Gasteiger partial charge in [-0.05, 0) is 24.4 Å². The van der Waals surface area contributed by atoms with Gasteiger partial charge in [0.2, 0.25) is 0 Å². The van der Waals surface area contributed by atoms with Gasteiger partial charge in [0.25, 0.3) is 0 Å². The zero-order chi connectivity index (χ0) is 12.5. The lowest BCUT2D eigenvalue weighted by atomic mass is 10.1. The number of thiophene rings is 1. The fraction of sp³-hybridized carbons (Fsp3) is 0.300. The van der Waals surface area contributed by atoms with Crippen molar-refractivity contribution >= 4 is 11.3 Å². The topological polar surface area (TPSA) is 54.7 Å². The van der Waals surface area contributed by atoms with Gasteiger partial charge in [0.1, 0.15) is 11.4 Å². The van der Waals surface area contributed by atoms with Crippen LogP contribution < -0.4 is 5.73 Å². The van der Waals surface area contributed by atoms with Crippen molar-refractivity contribution in [3.63, 3.8) is 0 Å². The Bertz CT molecular complexity index is 487. The van der Waals surface area contributed by atoms with Crippen molar-refractivity contribution in [2.24, 2.45) is 5.73 Å². The van der Waals surface area contributed by atoms with Crippen molar-refractivity contribution in [3.8, 4) is 10.6 Å². The summed E-state index contributed by atoms with van der Waals surface area (Å²) in [5.74, 6) is 0. The fourth-order valence-corrected chi connectivity index (χ4v) is 2.35. The largest absolute Gasteiger partial charge is 0.433 e. The van der Waals surface area contributed by atoms with Crippen LogP contribution in [0.4, 0.5) is 13.2 Å². The lowest BCUT2D eigenvalue weighted by molar-refractivity contribution is -0.141. The van der Waals surface area contributed by atoms with Crippen LogP contribution in [0, 0.1) is 0 Å². The van der Waals surface area contributed by atoms with E-state index in [9.17, 15) is 13.2 Å². The number of rotatable bonds is 3. The molecule has 0 bridgehead atoms. The Morgan fingerprint density at radius 3 is 2.71 bits per heavy atom. The van der Waals surface area contributed by atoms with Crippen molar-refractivity contribution in [1.82, 2.24) is 10.2 Å². The molecule has 0 amide bonds. The Hall–Kier alpha value is -1.34. The summed E-state index contributed by atoms with van der Waals surface area (Å²) in [6, 6.07) is 3.51. The molecule has 17 heavy (non-hydrogen) atoms. The van der Waals surface area contributed by atoms with Gasteiger partial charge in [0.15, 0.2) is 0 Å². The van der Waals surface area contributed by atoms with Crippen molar-refractivity contribution in [2.45, 2.75) is 12.6 Å². The lowest BCUT2D eigenvalue weighted by Crippen LogP contribution is -2.12. The number of hydrogen-bond acceptors (Lipinski definition) is 3. The predicted octanol–water partition coefficient (Wildman–Crippen LogP) is 2.66. The molecular weight excluding hydrogens is 251 g/mol. The monoisotopic (exact) mass is 261 g/mol. The number of aromatic nitrogens is 2. The highest BCUT2D eigenvalue weighted by atomic mass is 32.1. The van der Waals surface area contributed by atoms with Crippen LogP contribution in [0.3, 0.4) is 0 Å². The highest BCUT2D eigenvalue weighted by Gasteiger charge is 2.37. The maximum Gasteiger partial charge on any atom is 0.433 e. The Labute approximate surface area is 99.5 Å². The van der Waals surface area contributed by atoms with E-state index in [1.54, 1.807) is 17.5 Å². The highest BCUT2D eigenvalue weighted by molar-refractivity contribution is 7.13. The van der Waals surface area contributed by atoms with Crippen LogP contribution in [0.5, 0.6) is 0 Å². The van der Waals surface area contributed by atoms with Crippen molar-refractivity contribution < 1.29 is 13.2 Å². The second kappa shape index (κ2) is 4.50. The van der Waals surface area contributed by atoms with Crippen LogP contribution in [-0.4, -0.2) is 16.7 Å². The maximum atomic E-state index is 12.7. The molecule has 0 unspecified atom stereocenters. The van der Waals surface area contributed by atoms with Crippen molar-refractivity contribution in [3.05, 3.63) is 28.8 Å². The lowest BCUT2D eigenvalue weighted by Gasteiger charge is -2.06. The number of hydrogen-bond donors (Lipinski definition) is 2. The molecular formula is C10H10F3N3S. The summed E-state index contributed by atoms with van der Waals surface area (Å²) in [6.45, 7) is 0.154. The standard InChI is InChI=1S/C10H10F3N3S/c11-10(12,13)9-6(3-4-14)8(15-16-9)7-2-1-5-17-7/h1-2,5H,3-4,14H2,(H,15,16). The predicted molar refractivity (Wildman–Crippen MR) is 59.7 cm³/mol. The zero-order valence-corrected chi connectivity index (χ0v) is 9.53. The molecule has 0 aliphatic carbocycles. The Morgan fingerprint density at radius 2 is 2.18 bits per heavy atom. The van der Waals surface area contributed by atoms with E-state index >= 15 is 0 Å². The molecule has 7 heteroatoms. The van der Waals surface area contributed by atoms with Crippen molar-refractivity contribution in [1.29, 1.82) is 0 Å². The number of nitrogens with two attached hydrogens (primary N) is 1. The SMILES string of the molecule is NCCc1c(-c2cccs2)n[nH]c1C(F)(F)F. The summed E-state index contributed by atoms with van der Waals surface area (Å²) in [5.41, 5.74) is 5.04. The Morgan fingerprint density at radius 1 is 1.41 bits per heavy atom. The Kier molecular flexibility index (Phi) is 3.21. The molecule has 2 rings (SSSR count). The number of nitrogens with zero attached hydrogens (tertiary/aromatic N) is 1. The van der Waals surface area contributed by atoms with E-state index in [1.807, 2.05) is 0 Å². The summed E-state index contributed by atoms with van der Waals surface area (Å²) in [5, 5.41) is 7.61. The van der Waals surface area contributed by atoms with Crippen LogP contribution in [0.15, 0.2) is 17.5 Å². The molecule has 0 saturated carbocycles. The quantitative estimate of drug-likeness (QED) is 0.892. The molecule has 3 N–H and O–H groups in total. The summed E-state index contributed by atoms with van der Waals surface area (Å²) in [4.78, 5) is 0.709. The number of H-pyrrole nitrogens is 1. The number of halogens is 3. The van der Waals surface area contributed by atoms with E-state index in [-0.39, 0.29) is 18.5 Å². The number of aromatic amines is 1. The summed E-state index contributed by atoms with van der Waals surface area (Å²) in [7, 11) is 0. The smallest absolute Gasteiger partial charge is 0.330 e. The number of alkyl halides is 3. The summed E-state index contributed by atoms with van der Waals surface area (Å²) >= 11 is 1.35. The molecule has 0 spiro atoms. The average molecular weight is 261 g/mol.